The molecule has 2 N–H and O–H groups in total. The monoisotopic (exact) mass is 216 g/mol. The van der Waals surface area contributed by atoms with Gasteiger partial charge in [0.25, 0.3) is 0 Å². The molecular weight excluding hydrogens is 188 g/mol. The quantitative estimate of drug-likeness (QED) is 0.388. The van der Waals surface area contributed by atoms with Crippen molar-refractivity contribution in [3.63, 3.8) is 0 Å². The normalized spacial score (nSPS) is 10.8. The Hall–Kier alpha value is -0.120. The summed E-state index contributed by atoms with van der Waals surface area (Å²) in [5.74, 6) is 0. The minimum Gasteiger partial charge on any atom is -0.214 e. The molecule has 0 bridgehead atoms. The Kier molecular flexibility index (Phi) is 13.8. The zero-order valence-corrected chi connectivity index (χ0v) is 10.5. The van der Waals surface area contributed by atoms with Crippen molar-refractivity contribution < 1.29 is 4.94 Å². The summed E-state index contributed by atoms with van der Waals surface area (Å²) >= 11 is 0. The van der Waals surface area contributed by atoms with Gasteiger partial charge in [0.15, 0.2) is 0 Å². The van der Waals surface area contributed by atoms with Crippen LogP contribution in [0.25, 0.3) is 0 Å². The van der Waals surface area contributed by atoms with Gasteiger partial charge in [-0.15, -0.1) is 0 Å². The van der Waals surface area contributed by atoms with Gasteiger partial charge in [0, 0.05) is 13.1 Å². The molecule has 0 aliphatic rings. The predicted octanol–water partition coefficient (Wildman–Crippen LogP) is 3.17. The van der Waals surface area contributed by atoms with Crippen LogP contribution in [0.3, 0.4) is 0 Å². The molecule has 0 unspecified atom stereocenters. The van der Waals surface area contributed by atoms with Crippen LogP contribution >= 0.6 is 0 Å². The molecule has 0 aromatic rings. The minimum atomic E-state index is 0.946. The molecule has 0 aliphatic heterocycles. The first-order valence-electron chi connectivity index (χ1n) is 6.53. The SMILES string of the molecule is CCCCCCNONCCCCCC. The largest absolute Gasteiger partial charge is 0.214 e. The Labute approximate surface area is 94.9 Å². The van der Waals surface area contributed by atoms with E-state index in [1.165, 1.54) is 51.4 Å². The molecule has 0 atom stereocenters. The molecule has 0 saturated heterocycles. The van der Waals surface area contributed by atoms with Gasteiger partial charge in [-0.25, -0.2) is 4.94 Å². The first-order valence-corrected chi connectivity index (χ1v) is 6.53. The molecule has 92 valence electrons. The first kappa shape index (κ1) is 14.9. The van der Waals surface area contributed by atoms with E-state index in [1.807, 2.05) is 0 Å². The van der Waals surface area contributed by atoms with E-state index in [9.17, 15) is 0 Å². The van der Waals surface area contributed by atoms with E-state index in [4.69, 9.17) is 4.94 Å². The minimum absolute atomic E-state index is 0.946. The van der Waals surface area contributed by atoms with Crippen molar-refractivity contribution in [3.8, 4) is 0 Å². The molecule has 0 rings (SSSR count). The van der Waals surface area contributed by atoms with E-state index in [0.717, 1.165) is 13.1 Å². The third kappa shape index (κ3) is 13.9. The van der Waals surface area contributed by atoms with E-state index < -0.39 is 0 Å². The zero-order chi connectivity index (χ0) is 11.2. The van der Waals surface area contributed by atoms with E-state index in [0.29, 0.717) is 0 Å². The average Bonchev–Trinajstić information content (AvgIpc) is 2.26. The van der Waals surface area contributed by atoms with Crippen molar-refractivity contribution in [2.24, 2.45) is 0 Å². The maximum absolute atomic E-state index is 5.09. The van der Waals surface area contributed by atoms with E-state index in [1.54, 1.807) is 0 Å². The van der Waals surface area contributed by atoms with Crippen LogP contribution < -0.4 is 11.0 Å². The molecule has 15 heavy (non-hydrogen) atoms. The van der Waals surface area contributed by atoms with Crippen molar-refractivity contribution in [2.75, 3.05) is 13.1 Å². The summed E-state index contributed by atoms with van der Waals surface area (Å²) in [7, 11) is 0. The van der Waals surface area contributed by atoms with Crippen LogP contribution in [-0.2, 0) is 4.94 Å². The lowest BCUT2D eigenvalue weighted by Gasteiger charge is -2.06. The fourth-order valence-electron chi connectivity index (χ4n) is 1.40. The molecule has 0 aromatic carbocycles. The second-order valence-corrected chi connectivity index (χ2v) is 4.01. The summed E-state index contributed by atoms with van der Waals surface area (Å²) in [6, 6.07) is 0. The highest BCUT2D eigenvalue weighted by Gasteiger charge is 1.90. The van der Waals surface area contributed by atoms with E-state index in [2.05, 4.69) is 24.8 Å². The maximum Gasteiger partial charge on any atom is 0.0229 e. The Morgan fingerprint density at radius 2 is 1.13 bits per heavy atom. The zero-order valence-electron chi connectivity index (χ0n) is 10.5. The highest BCUT2D eigenvalue weighted by molar-refractivity contribution is 4.42. The molecule has 0 radical (unpaired) electrons. The van der Waals surface area contributed by atoms with Crippen molar-refractivity contribution in [1.82, 2.24) is 11.0 Å². The maximum atomic E-state index is 5.09. The van der Waals surface area contributed by atoms with Gasteiger partial charge in [0.1, 0.15) is 0 Å². The predicted molar refractivity (Wildman–Crippen MR) is 65.4 cm³/mol. The topological polar surface area (TPSA) is 33.3 Å². The number of hydrogen-bond acceptors (Lipinski definition) is 3. The lowest BCUT2D eigenvalue weighted by Crippen LogP contribution is -2.27. The molecule has 0 saturated carbocycles. The van der Waals surface area contributed by atoms with E-state index >= 15 is 0 Å². The smallest absolute Gasteiger partial charge is 0.0229 e. The number of unbranched alkanes of at least 4 members (excludes halogenated alkanes) is 6. The molecule has 0 spiro atoms. The van der Waals surface area contributed by atoms with Gasteiger partial charge in [0.2, 0.25) is 0 Å². The van der Waals surface area contributed by atoms with Gasteiger partial charge >= 0.3 is 0 Å². The molecule has 3 heteroatoms. The molecule has 0 aliphatic carbocycles. The summed E-state index contributed by atoms with van der Waals surface area (Å²) in [5.41, 5.74) is 5.85. The third-order valence-electron chi connectivity index (χ3n) is 2.41. The van der Waals surface area contributed by atoms with Crippen LogP contribution in [0.15, 0.2) is 0 Å². The molecule has 0 heterocycles. The summed E-state index contributed by atoms with van der Waals surface area (Å²) in [5, 5.41) is 0. The lowest BCUT2D eigenvalue weighted by atomic mass is 10.2. The van der Waals surface area contributed by atoms with Gasteiger partial charge in [0.05, 0.1) is 0 Å². The molecular formula is C12H28N2O. The highest BCUT2D eigenvalue weighted by atomic mass is 16.8. The Morgan fingerprint density at radius 1 is 0.667 bits per heavy atom. The number of rotatable bonds is 12. The van der Waals surface area contributed by atoms with Crippen molar-refractivity contribution >= 4 is 0 Å². The highest BCUT2D eigenvalue weighted by Crippen LogP contribution is 1.97. The van der Waals surface area contributed by atoms with Crippen molar-refractivity contribution in [3.05, 3.63) is 0 Å². The molecule has 0 amide bonds. The van der Waals surface area contributed by atoms with Gasteiger partial charge in [-0.05, 0) is 12.8 Å². The van der Waals surface area contributed by atoms with Gasteiger partial charge < -0.3 is 0 Å². The Balaban J connectivity index is 2.81. The molecule has 0 aromatic heterocycles. The van der Waals surface area contributed by atoms with Crippen LogP contribution in [0.5, 0.6) is 0 Å². The van der Waals surface area contributed by atoms with Crippen LogP contribution in [-0.4, -0.2) is 13.1 Å². The first-order chi connectivity index (χ1) is 7.41. The average molecular weight is 216 g/mol. The fourth-order valence-corrected chi connectivity index (χ4v) is 1.40. The van der Waals surface area contributed by atoms with E-state index in [-0.39, 0.29) is 0 Å². The number of nitrogens with one attached hydrogen (secondary N) is 2. The van der Waals surface area contributed by atoms with Crippen LogP contribution in [0.1, 0.15) is 65.2 Å². The van der Waals surface area contributed by atoms with Gasteiger partial charge in [-0.2, -0.15) is 11.0 Å². The second kappa shape index (κ2) is 13.9. The lowest BCUT2D eigenvalue weighted by molar-refractivity contribution is -0.0387. The summed E-state index contributed by atoms with van der Waals surface area (Å²) in [6.45, 7) is 6.34. The number of hydrogen-bond donors (Lipinski definition) is 2. The third-order valence-corrected chi connectivity index (χ3v) is 2.41. The Morgan fingerprint density at radius 3 is 1.53 bits per heavy atom. The summed E-state index contributed by atoms with van der Waals surface area (Å²) in [6.07, 6.45) is 10.2. The van der Waals surface area contributed by atoms with Crippen LogP contribution in [0, 0.1) is 0 Å². The van der Waals surface area contributed by atoms with Crippen LogP contribution in [0.2, 0.25) is 0 Å². The number of hydroxylamine groups is 2. The summed E-state index contributed by atoms with van der Waals surface area (Å²) in [4.78, 5) is 5.09. The fraction of sp³-hybridized carbons (Fsp3) is 1.00. The van der Waals surface area contributed by atoms with Crippen molar-refractivity contribution in [1.29, 1.82) is 0 Å². The molecule has 0 fully saturated rings. The van der Waals surface area contributed by atoms with Crippen molar-refractivity contribution in [2.45, 2.75) is 65.2 Å². The standard InChI is InChI=1S/C12H28N2O/c1-3-5-7-9-11-13-15-14-12-10-8-6-4-2/h13-14H,3-12H2,1-2H3. The summed E-state index contributed by atoms with van der Waals surface area (Å²) < 4.78 is 0. The molecule has 3 nitrogen and oxygen atoms in total. The Bertz CT molecular complexity index is 97.8. The van der Waals surface area contributed by atoms with Crippen LogP contribution in [0.4, 0.5) is 0 Å². The van der Waals surface area contributed by atoms with Gasteiger partial charge in [-0.3, -0.25) is 0 Å². The second-order valence-electron chi connectivity index (χ2n) is 4.01. The van der Waals surface area contributed by atoms with Gasteiger partial charge in [-0.1, -0.05) is 52.4 Å².